The highest BCUT2D eigenvalue weighted by Crippen LogP contribution is 2.30. The molecule has 1 aliphatic carbocycles. The van der Waals surface area contributed by atoms with E-state index in [1.807, 2.05) is 12.1 Å². The average Bonchev–Trinajstić information content (AvgIpc) is 3.23. The van der Waals surface area contributed by atoms with Gasteiger partial charge in [0.05, 0.1) is 23.2 Å². The number of Topliss-reactive ketones (excluding diaryl/α,β-unsaturated/α-hetero) is 1. The number of aromatic amines is 1. The van der Waals surface area contributed by atoms with Gasteiger partial charge in [0.1, 0.15) is 11.6 Å². The Morgan fingerprint density at radius 3 is 2.72 bits per heavy atom. The highest BCUT2D eigenvalue weighted by atomic mass is 19.1. The predicted octanol–water partition coefficient (Wildman–Crippen LogP) is 3.39. The monoisotopic (exact) mass is 432 g/mol. The molecule has 1 aliphatic heterocycles. The fourth-order valence-electron chi connectivity index (χ4n) is 4.27. The summed E-state index contributed by atoms with van der Waals surface area (Å²) in [6.07, 6.45) is 3.87. The molecule has 1 aromatic heterocycles. The molecule has 1 fully saturated rings. The number of aliphatic hydroxyl groups is 1. The van der Waals surface area contributed by atoms with Crippen molar-refractivity contribution in [1.29, 1.82) is 0 Å². The number of hydrogen-bond donors (Lipinski definition) is 2. The van der Waals surface area contributed by atoms with E-state index in [1.54, 1.807) is 18.2 Å². The second-order valence-electron chi connectivity index (χ2n) is 8.39. The number of carbonyl (C=O) groups excluding carboxylic acids is 1. The summed E-state index contributed by atoms with van der Waals surface area (Å²) in [5, 5.41) is 9.37. The molecular formula is C25H25FN4O2. The first-order valence-electron chi connectivity index (χ1n) is 10.8. The Morgan fingerprint density at radius 1 is 1.12 bits per heavy atom. The van der Waals surface area contributed by atoms with E-state index in [9.17, 15) is 14.3 Å². The molecule has 0 unspecified atom stereocenters. The number of rotatable bonds is 4. The van der Waals surface area contributed by atoms with Gasteiger partial charge in [-0.2, -0.15) is 0 Å². The minimum absolute atomic E-state index is 0.0170. The summed E-state index contributed by atoms with van der Waals surface area (Å²) >= 11 is 0. The van der Waals surface area contributed by atoms with E-state index in [-0.39, 0.29) is 24.4 Å². The largest absolute Gasteiger partial charge is 0.392 e. The number of hydrogen-bond acceptors (Lipinski definition) is 5. The molecule has 0 bridgehead atoms. The number of anilines is 1. The minimum Gasteiger partial charge on any atom is -0.392 e. The lowest BCUT2D eigenvalue weighted by Crippen LogP contribution is -2.44. The van der Waals surface area contributed by atoms with Crippen LogP contribution in [0.4, 0.5) is 10.1 Å². The summed E-state index contributed by atoms with van der Waals surface area (Å²) in [4.78, 5) is 25.4. The van der Waals surface area contributed by atoms with Gasteiger partial charge in [0.15, 0.2) is 5.78 Å². The molecule has 6 nitrogen and oxygen atoms in total. The number of allylic oxidation sites excluding steroid dienone is 4. The molecule has 0 spiro atoms. The van der Waals surface area contributed by atoms with Gasteiger partial charge in [0.2, 0.25) is 0 Å². The molecule has 0 radical (unpaired) electrons. The Labute approximate surface area is 185 Å². The van der Waals surface area contributed by atoms with Crippen LogP contribution < -0.4 is 4.90 Å². The summed E-state index contributed by atoms with van der Waals surface area (Å²) in [7, 11) is 2.13. The number of likely N-dealkylation sites (N-methyl/N-ethyl adjacent to an activating group) is 1. The molecule has 0 saturated carbocycles. The summed E-state index contributed by atoms with van der Waals surface area (Å²) in [5.41, 5.74) is 5.16. The molecule has 7 heteroatoms. The summed E-state index contributed by atoms with van der Waals surface area (Å²) in [6, 6.07) is 10.8. The smallest absolute Gasteiger partial charge is 0.170 e. The molecule has 2 heterocycles. The van der Waals surface area contributed by atoms with Gasteiger partial charge in [-0.05, 0) is 54.6 Å². The van der Waals surface area contributed by atoms with Crippen LogP contribution >= 0.6 is 0 Å². The third kappa shape index (κ3) is 3.85. The fraction of sp³-hybridized carbons (Fsp3) is 0.280. The summed E-state index contributed by atoms with van der Waals surface area (Å²) < 4.78 is 13.8. The Morgan fingerprint density at radius 2 is 1.94 bits per heavy atom. The van der Waals surface area contributed by atoms with Crippen molar-refractivity contribution in [2.45, 2.75) is 13.0 Å². The fourth-order valence-corrected chi connectivity index (χ4v) is 4.27. The Hall–Kier alpha value is -3.29. The molecule has 1 saturated heterocycles. The normalized spacial score (nSPS) is 17.6. The first kappa shape index (κ1) is 20.6. The zero-order valence-corrected chi connectivity index (χ0v) is 17.9. The van der Waals surface area contributed by atoms with Crippen molar-refractivity contribution in [3.8, 4) is 0 Å². The zero-order valence-electron chi connectivity index (χ0n) is 17.9. The van der Waals surface area contributed by atoms with E-state index in [4.69, 9.17) is 0 Å². The first-order valence-corrected chi connectivity index (χ1v) is 10.8. The number of piperazine rings is 1. The van der Waals surface area contributed by atoms with Gasteiger partial charge in [0.25, 0.3) is 0 Å². The van der Waals surface area contributed by atoms with Crippen LogP contribution in [0.2, 0.25) is 0 Å². The summed E-state index contributed by atoms with van der Waals surface area (Å²) in [6.45, 7) is 3.65. The average molecular weight is 432 g/mol. The lowest BCUT2D eigenvalue weighted by molar-refractivity contribution is -0.113. The van der Waals surface area contributed by atoms with Gasteiger partial charge in [-0.1, -0.05) is 12.1 Å². The maximum Gasteiger partial charge on any atom is 0.170 e. The maximum atomic E-state index is 13.8. The van der Waals surface area contributed by atoms with Crippen molar-refractivity contribution in [1.82, 2.24) is 14.9 Å². The quantitative estimate of drug-likeness (QED) is 0.661. The third-order valence-electron chi connectivity index (χ3n) is 6.25. The van der Waals surface area contributed by atoms with E-state index < -0.39 is 5.82 Å². The molecule has 32 heavy (non-hydrogen) atoms. The highest BCUT2D eigenvalue weighted by molar-refractivity contribution is 6.24. The molecular weight excluding hydrogens is 407 g/mol. The lowest BCUT2D eigenvalue weighted by atomic mass is 9.92. The highest BCUT2D eigenvalue weighted by Gasteiger charge is 2.21. The standard InChI is InChI=1S/C25H25FN4O2/c1-29-8-10-30(11-9-29)19-4-6-22-23(14-19)28-25(27-22)20-13-17(3-7-24(20)32)16-2-5-21(26)18(12-16)15-31/h2-6,12-14,31H,7-11,15H2,1H3,(H,27,28). The second kappa shape index (κ2) is 8.33. The van der Waals surface area contributed by atoms with Crippen LogP contribution in [0.25, 0.3) is 22.2 Å². The minimum atomic E-state index is -0.443. The van der Waals surface area contributed by atoms with Crippen LogP contribution in [0.15, 0.2) is 48.6 Å². The molecule has 3 aromatic rings. The number of aromatic nitrogens is 2. The Bertz CT molecular complexity index is 1250. The van der Waals surface area contributed by atoms with Crippen molar-refractivity contribution in [3.63, 3.8) is 0 Å². The van der Waals surface area contributed by atoms with Crippen molar-refractivity contribution >= 4 is 33.7 Å². The SMILES string of the molecule is CN1CCN(c2ccc3nc(C4=CC(c5ccc(F)c(CO)c5)=CCC4=O)[nH]c3c2)CC1. The lowest BCUT2D eigenvalue weighted by Gasteiger charge is -2.34. The molecule has 0 atom stereocenters. The van der Waals surface area contributed by atoms with Crippen LogP contribution in [-0.2, 0) is 11.4 Å². The van der Waals surface area contributed by atoms with E-state index in [0.717, 1.165) is 54.0 Å². The molecule has 0 amide bonds. The molecule has 5 rings (SSSR count). The van der Waals surface area contributed by atoms with Crippen molar-refractivity contribution in [2.75, 3.05) is 38.1 Å². The van der Waals surface area contributed by atoms with Gasteiger partial charge < -0.3 is 19.9 Å². The summed E-state index contributed by atoms with van der Waals surface area (Å²) in [5.74, 6) is 0.0774. The molecule has 164 valence electrons. The molecule has 2 N–H and O–H groups in total. The van der Waals surface area contributed by atoms with E-state index >= 15 is 0 Å². The number of aliphatic hydroxyl groups excluding tert-OH is 1. The van der Waals surface area contributed by atoms with Gasteiger partial charge in [-0.25, -0.2) is 9.37 Å². The van der Waals surface area contributed by atoms with Crippen LogP contribution in [0.3, 0.4) is 0 Å². The van der Waals surface area contributed by atoms with Crippen LogP contribution in [0.1, 0.15) is 23.4 Å². The van der Waals surface area contributed by atoms with E-state index in [1.165, 1.54) is 6.07 Å². The predicted molar refractivity (Wildman–Crippen MR) is 124 cm³/mol. The van der Waals surface area contributed by atoms with Gasteiger partial charge >= 0.3 is 0 Å². The number of nitrogens with zero attached hydrogens (tertiary/aromatic N) is 3. The number of imidazole rings is 1. The van der Waals surface area contributed by atoms with E-state index in [2.05, 4.69) is 38.9 Å². The maximum absolute atomic E-state index is 13.8. The van der Waals surface area contributed by atoms with Crippen molar-refractivity contribution in [2.24, 2.45) is 0 Å². The second-order valence-corrected chi connectivity index (χ2v) is 8.39. The van der Waals surface area contributed by atoms with Crippen LogP contribution in [0.5, 0.6) is 0 Å². The Kier molecular flexibility index (Phi) is 5.36. The number of carbonyl (C=O) groups is 1. The van der Waals surface area contributed by atoms with Crippen LogP contribution in [0, 0.1) is 5.82 Å². The molecule has 2 aromatic carbocycles. The topological polar surface area (TPSA) is 72.5 Å². The number of ketones is 1. The van der Waals surface area contributed by atoms with E-state index in [0.29, 0.717) is 11.4 Å². The number of benzene rings is 2. The van der Waals surface area contributed by atoms with Crippen LogP contribution in [-0.4, -0.2) is 59.0 Å². The van der Waals surface area contributed by atoms with Gasteiger partial charge in [0, 0.05) is 43.9 Å². The van der Waals surface area contributed by atoms with Crippen molar-refractivity contribution < 1.29 is 14.3 Å². The number of H-pyrrole nitrogens is 1. The number of nitrogens with one attached hydrogen (secondary N) is 1. The number of halogens is 1. The molecule has 2 aliphatic rings. The zero-order chi connectivity index (χ0) is 22.2. The Balaban J connectivity index is 1.47. The third-order valence-corrected chi connectivity index (χ3v) is 6.25. The van der Waals surface area contributed by atoms with Gasteiger partial charge in [-0.3, -0.25) is 4.79 Å². The first-order chi connectivity index (χ1) is 15.5. The van der Waals surface area contributed by atoms with Gasteiger partial charge in [-0.15, -0.1) is 0 Å². The number of fused-ring (bicyclic) bond motifs is 1. The van der Waals surface area contributed by atoms with Crippen molar-refractivity contribution in [3.05, 3.63) is 71.3 Å².